The Morgan fingerprint density at radius 1 is 1.00 bits per heavy atom. The van der Waals surface area contributed by atoms with Crippen LogP contribution in [-0.2, 0) is 0 Å². The summed E-state index contributed by atoms with van der Waals surface area (Å²) < 4.78 is 5.73. The lowest BCUT2D eigenvalue weighted by molar-refractivity contribution is 0.165. The summed E-state index contributed by atoms with van der Waals surface area (Å²) in [6.07, 6.45) is 11.6. The lowest BCUT2D eigenvalue weighted by atomic mass is 9.71. The van der Waals surface area contributed by atoms with Crippen LogP contribution in [0.1, 0.15) is 51.4 Å². The minimum atomic E-state index is 0.723. The number of ether oxygens (including phenoxy) is 1. The molecule has 0 radical (unpaired) electrons. The summed E-state index contributed by atoms with van der Waals surface area (Å²) in [4.78, 5) is 0. The molecule has 2 heteroatoms. The minimum absolute atomic E-state index is 0.723. The molecular formula is C18H27NO. The van der Waals surface area contributed by atoms with Crippen molar-refractivity contribution >= 4 is 0 Å². The van der Waals surface area contributed by atoms with Crippen LogP contribution >= 0.6 is 0 Å². The van der Waals surface area contributed by atoms with E-state index in [9.17, 15) is 0 Å². The molecule has 2 fully saturated rings. The van der Waals surface area contributed by atoms with E-state index in [0.717, 1.165) is 30.4 Å². The molecule has 0 amide bonds. The van der Waals surface area contributed by atoms with Crippen molar-refractivity contribution in [2.45, 2.75) is 57.4 Å². The molecule has 2 aliphatic carbocycles. The Kier molecular flexibility index (Phi) is 4.62. The number of para-hydroxylation sites is 1. The van der Waals surface area contributed by atoms with E-state index in [2.05, 4.69) is 5.32 Å². The Hall–Kier alpha value is -1.02. The third-order valence-electron chi connectivity index (χ3n) is 5.26. The fraction of sp³-hybridized carbons (Fsp3) is 0.667. The van der Waals surface area contributed by atoms with Crippen molar-refractivity contribution < 1.29 is 4.74 Å². The normalized spacial score (nSPS) is 22.2. The van der Waals surface area contributed by atoms with Gasteiger partial charge >= 0.3 is 0 Å². The second-order valence-electron chi connectivity index (χ2n) is 6.60. The standard InChI is InChI=1S/C18H27NO/c1-2-6-17(7-3-1)20-15-14-19-16-8-12-18(13-9-16)10-4-5-11-18/h1-3,6-7,16,19H,4-5,8-15H2. The lowest BCUT2D eigenvalue weighted by Crippen LogP contribution is -2.38. The van der Waals surface area contributed by atoms with E-state index >= 15 is 0 Å². The summed E-state index contributed by atoms with van der Waals surface area (Å²) >= 11 is 0. The van der Waals surface area contributed by atoms with Gasteiger partial charge in [0.25, 0.3) is 0 Å². The molecule has 110 valence electrons. The van der Waals surface area contributed by atoms with Crippen LogP contribution < -0.4 is 10.1 Å². The van der Waals surface area contributed by atoms with E-state index < -0.39 is 0 Å². The molecule has 1 aromatic rings. The number of benzene rings is 1. The van der Waals surface area contributed by atoms with Crippen molar-refractivity contribution in [1.29, 1.82) is 0 Å². The number of hydrogen-bond donors (Lipinski definition) is 1. The van der Waals surface area contributed by atoms with Crippen LogP contribution in [0.2, 0.25) is 0 Å². The van der Waals surface area contributed by atoms with E-state index in [-0.39, 0.29) is 0 Å². The van der Waals surface area contributed by atoms with Crippen molar-refractivity contribution in [2.24, 2.45) is 5.41 Å². The number of nitrogens with one attached hydrogen (secondary N) is 1. The van der Waals surface area contributed by atoms with E-state index in [1.165, 1.54) is 51.4 Å². The molecule has 0 heterocycles. The van der Waals surface area contributed by atoms with Crippen molar-refractivity contribution in [1.82, 2.24) is 5.32 Å². The smallest absolute Gasteiger partial charge is 0.119 e. The Bertz CT molecular complexity index is 387. The molecule has 2 nitrogen and oxygen atoms in total. The molecule has 1 N–H and O–H groups in total. The van der Waals surface area contributed by atoms with Crippen molar-refractivity contribution in [3.8, 4) is 5.75 Å². The molecule has 1 spiro atoms. The van der Waals surface area contributed by atoms with Crippen LogP contribution in [0.25, 0.3) is 0 Å². The van der Waals surface area contributed by atoms with Gasteiger partial charge in [0.2, 0.25) is 0 Å². The van der Waals surface area contributed by atoms with Crippen LogP contribution in [-0.4, -0.2) is 19.2 Å². The predicted molar refractivity (Wildman–Crippen MR) is 83.1 cm³/mol. The largest absolute Gasteiger partial charge is 0.492 e. The summed E-state index contributed by atoms with van der Waals surface area (Å²) in [6, 6.07) is 10.8. The first-order chi connectivity index (χ1) is 9.86. The monoisotopic (exact) mass is 273 g/mol. The highest BCUT2D eigenvalue weighted by Crippen LogP contribution is 2.48. The van der Waals surface area contributed by atoms with Gasteiger partial charge < -0.3 is 10.1 Å². The third-order valence-corrected chi connectivity index (χ3v) is 5.26. The molecule has 0 bridgehead atoms. The summed E-state index contributed by atoms with van der Waals surface area (Å²) in [7, 11) is 0. The zero-order valence-electron chi connectivity index (χ0n) is 12.4. The molecule has 1 aromatic carbocycles. The Morgan fingerprint density at radius 3 is 2.40 bits per heavy atom. The molecule has 3 rings (SSSR count). The Labute approximate surface area is 122 Å². The second-order valence-corrected chi connectivity index (χ2v) is 6.60. The highest BCUT2D eigenvalue weighted by molar-refractivity contribution is 5.20. The van der Waals surface area contributed by atoms with Crippen LogP contribution in [0.3, 0.4) is 0 Å². The average molecular weight is 273 g/mol. The van der Waals surface area contributed by atoms with Crippen LogP contribution in [0.5, 0.6) is 5.75 Å². The molecular weight excluding hydrogens is 246 g/mol. The molecule has 2 aliphatic rings. The van der Waals surface area contributed by atoms with Crippen molar-refractivity contribution in [3.63, 3.8) is 0 Å². The predicted octanol–water partition coefficient (Wildman–Crippen LogP) is 4.16. The Balaban J connectivity index is 1.32. The molecule has 0 atom stereocenters. The zero-order chi connectivity index (χ0) is 13.7. The first-order valence-corrected chi connectivity index (χ1v) is 8.28. The van der Waals surface area contributed by atoms with Gasteiger partial charge in [0.05, 0.1) is 0 Å². The van der Waals surface area contributed by atoms with Gasteiger partial charge in [-0.25, -0.2) is 0 Å². The molecule has 2 saturated carbocycles. The van der Waals surface area contributed by atoms with E-state index in [1.807, 2.05) is 30.3 Å². The highest BCUT2D eigenvalue weighted by atomic mass is 16.5. The van der Waals surface area contributed by atoms with E-state index in [4.69, 9.17) is 4.74 Å². The first-order valence-electron chi connectivity index (χ1n) is 8.28. The van der Waals surface area contributed by atoms with Crippen LogP contribution in [0, 0.1) is 5.41 Å². The third kappa shape index (κ3) is 3.54. The molecule has 0 unspecified atom stereocenters. The van der Waals surface area contributed by atoms with Gasteiger partial charge in [0.15, 0.2) is 0 Å². The van der Waals surface area contributed by atoms with Crippen molar-refractivity contribution in [3.05, 3.63) is 30.3 Å². The maximum absolute atomic E-state index is 5.73. The quantitative estimate of drug-likeness (QED) is 0.813. The number of hydrogen-bond acceptors (Lipinski definition) is 2. The van der Waals surface area contributed by atoms with Crippen LogP contribution in [0.15, 0.2) is 30.3 Å². The van der Waals surface area contributed by atoms with E-state index in [0.29, 0.717) is 0 Å². The molecule has 0 aromatic heterocycles. The fourth-order valence-electron chi connectivity index (χ4n) is 4.01. The first kappa shape index (κ1) is 13.9. The van der Waals surface area contributed by atoms with Gasteiger partial charge in [-0.05, 0) is 56.1 Å². The maximum Gasteiger partial charge on any atom is 0.119 e. The molecule has 20 heavy (non-hydrogen) atoms. The summed E-state index contributed by atoms with van der Waals surface area (Å²) in [6.45, 7) is 1.73. The van der Waals surface area contributed by atoms with Gasteiger partial charge in [-0.1, -0.05) is 31.0 Å². The SMILES string of the molecule is c1ccc(OCCNC2CCC3(CCCC3)CC2)cc1. The minimum Gasteiger partial charge on any atom is -0.492 e. The number of rotatable bonds is 5. The fourth-order valence-corrected chi connectivity index (χ4v) is 4.01. The average Bonchev–Trinajstić information content (AvgIpc) is 2.95. The second kappa shape index (κ2) is 6.62. The molecule has 0 saturated heterocycles. The van der Waals surface area contributed by atoms with Gasteiger partial charge in [0.1, 0.15) is 12.4 Å². The van der Waals surface area contributed by atoms with Crippen LogP contribution in [0.4, 0.5) is 0 Å². The van der Waals surface area contributed by atoms with Gasteiger partial charge in [-0.2, -0.15) is 0 Å². The topological polar surface area (TPSA) is 21.3 Å². The summed E-state index contributed by atoms with van der Waals surface area (Å²) in [5.74, 6) is 0.975. The maximum atomic E-state index is 5.73. The van der Waals surface area contributed by atoms with Gasteiger partial charge in [0, 0.05) is 12.6 Å². The zero-order valence-corrected chi connectivity index (χ0v) is 12.4. The summed E-state index contributed by atoms with van der Waals surface area (Å²) in [5, 5.41) is 3.67. The Morgan fingerprint density at radius 2 is 1.70 bits per heavy atom. The van der Waals surface area contributed by atoms with Crippen molar-refractivity contribution in [2.75, 3.05) is 13.2 Å². The highest BCUT2D eigenvalue weighted by Gasteiger charge is 2.37. The lowest BCUT2D eigenvalue weighted by Gasteiger charge is -2.37. The summed E-state index contributed by atoms with van der Waals surface area (Å²) in [5.41, 5.74) is 0.749. The molecule has 0 aliphatic heterocycles. The van der Waals surface area contributed by atoms with E-state index in [1.54, 1.807) is 0 Å². The van der Waals surface area contributed by atoms with Gasteiger partial charge in [-0.15, -0.1) is 0 Å². The van der Waals surface area contributed by atoms with Gasteiger partial charge in [-0.3, -0.25) is 0 Å².